The molecule has 0 fully saturated rings. The smallest absolute Gasteiger partial charge is 0.271 e. The summed E-state index contributed by atoms with van der Waals surface area (Å²) >= 11 is 1.60. The van der Waals surface area contributed by atoms with E-state index in [2.05, 4.69) is 30.3 Å². The highest BCUT2D eigenvalue weighted by Gasteiger charge is 2.19. The predicted octanol–water partition coefficient (Wildman–Crippen LogP) is 6.39. The number of imidazole rings is 1. The standard InChI is InChI=1S/C25H19N3O3S/c1-31-24-12-5-4-11-23(24)27-22-14-13-19(28(29)30)15-21(22)26-25(27)32-16-18-9-6-8-17-7-2-3-10-20(17)18/h2-15H,16H2,1H3. The van der Waals surface area contributed by atoms with E-state index < -0.39 is 4.92 Å². The van der Waals surface area contributed by atoms with Crippen molar-refractivity contribution in [3.63, 3.8) is 0 Å². The lowest BCUT2D eigenvalue weighted by Gasteiger charge is -2.13. The number of hydrogen-bond acceptors (Lipinski definition) is 5. The summed E-state index contributed by atoms with van der Waals surface area (Å²) in [5.74, 6) is 1.42. The fourth-order valence-electron chi connectivity index (χ4n) is 3.86. The quantitative estimate of drug-likeness (QED) is 0.173. The Hall–Kier alpha value is -3.84. The molecule has 0 saturated carbocycles. The number of nitrogens with zero attached hydrogens (tertiary/aromatic N) is 3. The van der Waals surface area contributed by atoms with E-state index in [0.29, 0.717) is 17.0 Å². The first-order valence-corrected chi connectivity index (χ1v) is 11.0. The number of nitro benzene ring substituents is 1. The maximum absolute atomic E-state index is 11.3. The van der Waals surface area contributed by atoms with Crippen molar-refractivity contribution >= 4 is 39.3 Å². The van der Waals surface area contributed by atoms with Crippen molar-refractivity contribution < 1.29 is 9.66 Å². The molecule has 0 atom stereocenters. The largest absolute Gasteiger partial charge is 0.495 e. The van der Waals surface area contributed by atoms with E-state index in [1.165, 1.54) is 28.5 Å². The van der Waals surface area contributed by atoms with E-state index in [4.69, 9.17) is 9.72 Å². The van der Waals surface area contributed by atoms with Gasteiger partial charge in [-0.1, -0.05) is 66.4 Å². The Labute approximate surface area is 188 Å². The number of nitro groups is 1. The van der Waals surface area contributed by atoms with Crippen LogP contribution in [-0.2, 0) is 5.75 Å². The van der Waals surface area contributed by atoms with Crippen LogP contribution in [0, 0.1) is 10.1 Å². The van der Waals surface area contributed by atoms with Crippen LogP contribution in [0.25, 0.3) is 27.5 Å². The molecule has 0 saturated heterocycles. The van der Waals surface area contributed by atoms with Gasteiger partial charge in [0.2, 0.25) is 0 Å². The summed E-state index contributed by atoms with van der Waals surface area (Å²) < 4.78 is 7.60. The van der Waals surface area contributed by atoms with Crippen molar-refractivity contribution in [2.24, 2.45) is 0 Å². The fraction of sp³-hybridized carbons (Fsp3) is 0.0800. The average Bonchev–Trinajstić information content (AvgIpc) is 3.20. The van der Waals surface area contributed by atoms with Gasteiger partial charge in [0.25, 0.3) is 5.69 Å². The molecule has 1 heterocycles. The van der Waals surface area contributed by atoms with E-state index >= 15 is 0 Å². The fourth-order valence-corrected chi connectivity index (χ4v) is 4.89. The Bertz CT molecular complexity index is 1460. The second-order valence-corrected chi connectivity index (χ2v) is 8.20. The Balaban J connectivity index is 1.63. The van der Waals surface area contributed by atoms with Gasteiger partial charge in [-0.05, 0) is 34.5 Å². The van der Waals surface area contributed by atoms with Crippen LogP contribution in [0.2, 0.25) is 0 Å². The zero-order valence-electron chi connectivity index (χ0n) is 17.3. The lowest BCUT2D eigenvalue weighted by molar-refractivity contribution is -0.384. The van der Waals surface area contributed by atoms with Crippen LogP contribution >= 0.6 is 11.8 Å². The minimum Gasteiger partial charge on any atom is -0.495 e. The van der Waals surface area contributed by atoms with Crippen molar-refractivity contribution in [2.45, 2.75) is 10.9 Å². The number of rotatable bonds is 6. The first-order chi connectivity index (χ1) is 15.7. The molecular formula is C25H19N3O3S. The van der Waals surface area contributed by atoms with Crippen LogP contribution in [-0.4, -0.2) is 21.6 Å². The second-order valence-electron chi connectivity index (χ2n) is 7.26. The monoisotopic (exact) mass is 441 g/mol. The van der Waals surface area contributed by atoms with E-state index in [0.717, 1.165) is 16.4 Å². The maximum atomic E-state index is 11.3. The van der Waals surface area contributed by atoms with E-state index in [-0.39, 0.29) is 5.69 Å². The SMILES string of the molecule is COc1ccccc1-n1c(SCc2cccc3ccccc23)nc2cc([N+](=O)[O-])ccc21. The first-order valence-electron chi connectivity index (χ1n) is 10.1. The molecule has 7 heteroatoms. The third-order valence-corrected chi connectivity index (χ3v) is 6.37. The van der Waals surface area contributed by atoms with E-state index in [9.17, 15) is 10.1 Å². The van der Waals surface area contributed by atoms with Gasteiger partial charge < -0.3 is 4.74 Å². The van der Waals surface area contributed by atoms with Gasteiger partial charge in [-0.15, -0.1) is 0 Å². The topological polar surface area (TPSA) is 70.2 Å². The van der Waals surface area contributed by atoms with E-state index in [1.807, 2.05) is 41.0 Å². The van der Waals surface area contributed by atoms with Crippen LogP contribution in [0.4, 0.5) is 5.69 Å². The molecule has 0 unspecified atom stereocenters. The maximum Gasteiger partial charge on any atom is 0.271 e. The minimum atomic E-state index is -0.398. The van der Waals surface area contributed by atoms with Crippen LogP contribution in [0.5, 0.6) is 5.75 Å². The van der Waals surface area contributed by atoms with Gasteiger partial charge in [0.1, 0.15) is 5.75 Å². The molecule has 0 aliphatic heterocycles. The highest BCUT2D eigenvalue weighted by molar-refractivity contribution is 7.98. The Morgan fingerprint density at radius 1 is 1.00 bits per heavy atom. The molecule has 5 rings (SSSR count). The Kier molecular flexibility index (Phi) is 5.25. The summed E-state index contributed by atoms with van der Waals surface area (Å²) in [6.07, 6.45) is 0. The summed E-state index contributed by atoms with van der Waals surface area (Å²) in [6, 6.07) is 27.1. The number of benzene rings is 4. The molecule has 0 radical (unpaired) electrons. The molecule has 1 aromatic heterocycles. The number of non-ortho nitro benzene ring substituents is 1. The number of thioether (sulfide) groups is 1. The molecule has 0 amide bonds. The number of para-hydroxylation sites is 2. The van der Waals surface area contributed by atoms with Gasteiger partial charge in [-0.3, -0.25) is 14.7 Å². The molecule has 32 heavy (non-hydrogen) atoms. The minimum absolute atomic E-state index is 0.0211. The Morgan fingerprint density at radius 2 is 1.78 bits per heavy atom. The average molecular weight is 442 g/mol. The molecule has 6 nitrogen and oxygen atoms in total. The van der Waals surface area contributed by atoms with Crippen molar-refractivity contribution in [2.75, 3.05) is 7.11 Å². The first kappa shape index (κ1) is 20.1. The lowest BCUT2D eigenvalue weighted by Crippen LogP contribution is -2.00. The third kappa shape index (κ3) is 3.56. The van der Waals surface area contributed by atoms with Crippen LogP contribution in [0.15, 0.2) is 90.1 Å². The second kappa shape index (κ2) is 8.36. The number of fused-ring (bicyclic) bond motifs is 2. The zero-order chi connectivity index (χ0) is 22.1. The highest BCUT2D eigenvalue weighted by atomic mass is 32.2. The summed E-state index contributed by atoms with van der Waals surface area (Å²) in [5, 5.41) is 14.4. The molecule has 0 spiro atoms. The van der Waals surface area contributed by atoms with Gasteiger partial charge in [0, 0.05) is 17.9 Å². The summed E-state index contributed by atoms with van der Waals surface area (Å²) in [7, 11) is 1.63. The summed E-state index contributed by atoms with van der Waals surface area (Å²) in [6.45, 7) is 0. The van der Waals surface area contributed by atoms with Crippen LogP contribution in [0.3, 0.4) is 0 Å². The third-order valence-electron chi connectivity index (χ3n) is 5.38. The number of aromatic nitrogens is 2. The van der Waals surface area contributed by atoms with Crippen molar-refractivity contribution in [3.8, 4) is 11.4 Å². The molecule has 4 aromatic carbocycles. The molecule has 158 valence electrons. The van der Waals surface area contributed by atoms with Gasteiger partial charge in [-0.25, -0.2) is 4.98 Å². The molecular weight excluding hydrogens is 422 g/mol. The normalized spacial score (nSPS) is 11.2. The number of hydrogen-bond donors (Lipinski definition) is 0. The molecule has 0 aliphatic rings. The van der Waals surface area contributed by atoms with Gasteiger partial charge in [0.05, 0.1) is 28.8 Å². The lowest BCUT2D eigenvalue weighted by atomic mass is 10.1. The molecule has 0 N–H and O–H groups in total. The molecule has 5 aromatic rings. The summed E-state index contributed by atoms with van der Waals surface area (Å²) in [4.78, 5) is 15.7. The molecule has 0 aliphatic carbocycles. The van der Waals surface area contributed by atoms with Crippen molar-refractivity contribution in [3.05, 3.63) is 101 Å². The van der Waals surface area contributed by atoms with E-state index in [1.54, 1.807) is 24.9 Å². The predicted molar refractivity (Wildman–Crippen MR) is 128 cm³/mol. The zero-order valence-corrected chi connectivity index (χ0v) is 18.1. The van der Waals surface area contributed by atoms with Crippen LogP contribution < -0.4 is 4.74 Å². The van der Waals surface area contributed by atoms with Gasteiger partial charge >= 0.3 is 0 Å². The van der Waals surface area contributed by atoms with Crippen molar-refractivity contribution in [1.29, 1.82) is 0 Å². The molecule has 0 bridgehead atoms. The van der Waals surface area contributed by atoms with Gasteiger partial charge in [0.15, 0.2) is 5.16 Å². The van der Waals surface area contributed by atoms with Crippen molar-refractivity contribution in [1.82, 2.24) is 9.55 Å². The van der Waals surface area contributed by atoms with Crippen LogP contribution in [0.1, 0.15) is 5.56 Å². The number of methoxy groups -OCH3 is 1. The summed E-state index contributed by atoms with van der Waals surface area (Å²) in [5.41, 5.74) is 3.43. The Morgan fingerprint density at radius 3 is 2.62 bits per heavy atom. The van der Waals surface area contributed by atoms with Gasteiger partial charge in [-0.2, -0.15) is 0 Å². The highest BCUT2D eigenvalue weighted by Crippen LogP contribution is 2.35. The number of ether oxygens (including phenoxy) is 1.